The number of para-hydroxylation sites is 1. The second kappa shape index (κ2) is 7.68. The first kappa shape index (κ1) is 21.9. The van der Waals surface area contributed by atoms with Gasteiger partial charge in [-0.25, -0.2) is 0 Å². The van der Waals surface area contributed by atoms with E-state index in [0.29, 0.717) is 29.8 Å². The number of hydrogen-bond donors (Lipinski definition) is 1. The molecule has 2 aromatic rings. The Hall–Kier alpha value is -3.65. The van der Waals surface area contributed by atoms with Crippen molar-refractivity contribution in [1.82, 2.24) is 4.90 Å². The van der Waals surface area contributed by atoms with Crippen molar-refractivity contribution in [3.05, 3.63) is 64.7 Å². The molecule has 8 heteroatoms. The van der Waals surface area contributed by atoms with Crippen molar-refractivity contribution < 1.29 is 29.0 Å². The van der Waals surface area contributed by atoms with Gasteiger partial charge in [0.2, 0.25) is 0 Å². The Balaban J connectivity index is 1.59. The number of aliphatic hydroxyl groups excluding tert-OH is 1. The quantitative estimate of drug-likeness (QED) is 0.418. The van der Waals surface area contributed by atoms with Gasteiger partial charge in [0.05, 0.1) is 11.7 Å². The standard InChI is InChI=1S/C27H26N2O6/c1-15-12-17-13-16(9-10-21(17)35-15)23(30)22-24(31)25(32)29(14-18-6-5-11-34-18)27(22)19-7-3-4-8-20(19)28(2)26(27)33/h3-4,7-10,13,15,18,30H,5-6,11-12,14H2,1-2H3. The zero-order valence-corrected chi connectivity index (χ0v) is 19.6. The van der Waals surface area contributed by atoms with Gasteiger partial charge >= 0.3 is 0 Å². The van der Waals surface area contributed by atoms with Gasteiger partial charge in [0.15, 0.2) is 5.54 Å². The number of amides is 2. The fourth-order valence-corrected chi connectivity index (χ4v) is 5.93. The minimum absolute atomic E-state index is 0.00918. The number of Topliss-reactive ketones (excluding diaryl/α,β-unsaturated/α-hetero) is 1. The highest BCUT2D eigenvalue weighted by atomic mass is 16.5. The molecule has 3 atom stereocenters. The number of carbonyl (C=O) groups excluding carboxylic acids is 3. The molecular weight excluding hydrogens is 448 g/mol. The number of likely N-dealkylation sites (tertiary alicyclic amines) is 1. The molecular formula is C27H26N2O6. The van der Waals surface area contributed by atoms with Crippen LogP contribution < -0.4 is 9.64 Å². The Morgan fingerprint density at radius 3 is 2.74 bits per heavy atom. The molecule has 0 aliphatic carbocycles. The van der Waals surface area contributed by atoms with Crippen LogP contribution in [0.15, 0.2) is 48.0 Å². The topological polar surface area (TPSA) is 96.4 Å². The Kier molecular flexibility index (Phi) is 4.79. The van der Waals surface area contributed by atoms with E-state index in [9.17, 15) is 19.5 Å². The predicted octanol–water partition coefficient (Wildman–Crippen LogP) is 2.74. The van der Waals surface area contributed by atoms with Gasteiger partial charge in [-0.1, -0.05) is 18.2 Å². The molecule has 180 valence electrons. The molecule has 2 saturated heterocycles. The Morgan fingerprint density at radius 2 is 1.97 bits per heavy atom. The molecule has 6 rings (SSSR count). The van der Waals surface area contributed by atoms with Gasteiger partial charge in [-0.3, -0.25) is 14.4 Å². The number of benzene rings is 2. The average molecular weight is 475 g/mol. The molecule has 4 aliphatic rings. The lowest BCUT2D eigenvalue weighted by atomic mass is 9.81. The lowest BCUT2D eigenvalue weighted by Gasteiger charge is -2.35. The summed E-state index contributed by atoms with van der Waals surface area (Å²) in [7, 11) is 1.62. The molecule has 8 nitrogen and oxygen atoms in total. The van der Waals surface area contributed by atoms with Crippen molar-refractivity contribution in [3.8, 4) is 5.75 Å². The van der Waals surface area contributed by atoms with E-state index in [4.69, 9.17) is 9.47 Å². The van der Waals surface area contributed by atoms with E-state index in [1.54, 1.807) is 49.5 Å². The van der Waals surface area contributed by atoms with Crippen LogP contribution in [0.4, 0.5) is 5.69 Å². The van der Waals surface area contributed by atoms with Crippen molar-refractivity contribution in [2.45, 2.75) is 43.9 Å². The fourth-order valence-electron chi connectivity index (χ4n) is 5.93. The van der Waals surface area contributed by atoms with Crippen LogP contribution in [0.1, 0.15) is 36.5 Å². The van der Waals surface area contributed by atoms with Crippen molar-refractivity contribution in [3.63, 3.8) is 0 Å². The number of nitrogens with zero attached hydrogens (tertiary/aromatic N) is 2. The van der Waals surface area contributed by atoms with Crippen molar-refractivity contribution in [2.24, 2.45) is 0 Å². The van der Waals surface area contributed by atoms with E-state index in [1.807, 2.05) is 6.92 Å². The largest absolute Gasteiger partial charge is 0.507 e. The molecule has 1 N–H and O–H groups in total. The molecule has 0 saturated carbocycles. The zero-order valence-electron chi connectivity index (χ0n) is 19.6. The third-order valence-electron chi connectivity index (χ3n) is 7.52. The maximum absolute atomic E-state index is 14.0. The maximum atomic E-state index is 14.0. The van der Waals surface area contributed by atoms with Crippen LogP contribution in [-0.4, -0.2) is 60.0 Å². The summed E-state index contributed by atoms with van der Waals surface area (Å²) in [6.45, 7) is 2.62. The molecule has 0 bridgehead atoms. The summed E-state index contributed by atoms with van der Waals surface area (Å²) in [6, 6.07) is 12.3. The third kappa shape index (κ3) is 2.92. The van der Waals surface area contributed by atoms with E-state index < -0.39 is 23.1 Å². The highest BCUT2D eigenvalue weighted by Crippen LogP contribution is 2.53. The number of aliphatic hydroxyl groups is 1. The first-order chi connectivity index (χ1) is 16.8. The number of rotatable bonds is 3. The van der Waals surface area contributed by atoms with Gasteiger partial charge in [0.1, 0.15) is 17.6 Å². The van der Waals surface area contributed by atoms with Crippen molar-refractivity contribution in [1.29, 1.82) is 0 Å². The molecule has 1 spiro atoms. The number of likely N-dealkylation sites (N-methyl/N-ethyl adjacent to an activating group) is 1. The van der Waals surface area contributed by atoms with E-state index in [-0.39, 0.29) is 30.1 Å². The third-order valence-corrected chi connectivity index (χ3v) is 7.52. The molecule has 35 heavy (non-hydrogen) atoms. The van der Waals surface area contributed by atoms with E-state index in [0.717, 1.165) is 24.2 Å². The summed E-state index contributed by atoms with van der Waals surface area (Å²) < 4.78 is 11.5. The number of carbonyl (C=O) groups is 3. The van der Waals surface area contributed by atoms with Crippen LogP contribution in [0.3, 0.4) is 0 Å². The van der Waals surface area contributed by atoms with Gasteiger partial charge < -0.3 is 24.4 Å². The lowest BCUT2D eigenvalue weighted by molar-refractivity contribution is -0.145. The summed E-state index contributed by atoms with van der Waals surface area (Å²) in [4.78, 5) is 43.8. The Labute approximate surface area is 202 Å². The van der Waals surface area contributed by atoms with Crippen molar-refractivity contribution in [2.75, 3.05) is 25.1 Å². The first-order valence-corrected chi connectivity index (χ1v) is 11.9. The molecule has 2 fully saturated rings. The highest BCUT2D eigenvalue weighted by molar-refractivity contribution is 6.50. The summed E-state index contributed by atoms with van der Waals surface area (Å²) in [5.74, 6) is -1.76. The van der Waals surface area contributed by atoms with Crippen molar-refractivity contribution >= 4 is 29.0 Å². The molecule has 0 aromatic heterocycles. The van der Waals surface area contributed by atoms with Crippen LogP contribution >= 0.6 is 0 Å². The van der Waals surface area contributed by atoms with Crippen LogP contribution in [0.5, 0.6) is 5.75 Å². The first-order valence-electron chi connectivity index (χ1n) is 11.9. The highest BCUT2D eigenvalue weighted by Gasteiger charge is 2.67. The lowest BCUT2D eigenvalue weighted by Crippen LogP contribution is -2.53. The summed E-state index contributed by atoms with van der Waals surface area (Å²) >= 11 is 0. The normalized spacial score (nSPS) is 28.7. The number of fused-ring (bicyclic) bond motifs is 3. The van der Waals surface area contributed by atoms with E-state index in [1.165, 1.54) is 9.80 Å². The molecule has 0 radical (unpaired) electrons. The molecule has 2 aromatic carbocycles. The summed E-state index contributed by atoms with van der Waals surface area (Å²) in [5.41, 5.74) is 0.422. The minimum Gasteiger partial charge on any atom is -0.507 e. The Bertz CT molecular complexity index is 1310. The second-order valence-electron chi connectivity index (χ2n) is 9.65. The van der Waals surface area contributed by atoms with Gasteiger partial charge in [-0.05, 0) is 49.6 Å². The number of ether oxygens (including phenoxy) is 2. The molecule has 2 amide bonds. The predicted molar refractivity (Wildman–Crippen MR) is 127 cm³/mol. The average Bonchev–Trinajstić information content (AvgIpc) is 3.59. The smallest absolute Gasteiger partial charge is 0.296 e. The maximum Gasteiger partial charge on any atom is 0.296 e. The number of hydrogen-bond acceptors (Lipinski definition) is 6. The monoisotopic (exact) mass is 474 g/mol. The van der Waals surface area contributed by atoms with Crippen LogP contribution in [0.2, 0.25) is 0 Å². The summed E-state index contributed by atoms with van der Waals surface area (Å²) in [5, 5.41) is 11.6. The molecule has 3 unspecified atom stereocenters. The zero-order chi connectivity index (χ0) is 24.5. The van der Waals surface area contributed by atoms with Gasteiger partial charge in [-0.15, -0.1) is 0 Å². The van der Waals surface area contributed by atoms with E-state index >= 15 is 0 Å². The van der Waals surface area contributed by atoms with E-state index in [2.05, 4.69) is 0 Å². The number of anilines is 1. The minimum atomic E-state index is -1.75. The SMILES string of the molecule is CC1Cc2cc(C(O)=C3C(=O)C(=O)N(CC4CCCO4)C34C(=O)N(C)c3ccccc34)ccc2O1. The number of ketones is 1. The van der Waals surface area contributed by atoms with Crippen LogP contribution in [-0.2, 0) is 31.1 Å². The fraction of sp³-hybridized carbons (Fsp3) is 0.370. The van der Waals surface area contributed by atoms with Crippen LogP contribution in [0.25, 0.3) is 5.76 Å². The van der Waals surface area contributed by atoms with Crippen LogP contribution in [0, 0.1) is 0 Å². The van der Waals surface area contributed by atoms with Gasteiger partial charge in [0, 0.05) is 43.4 Å². The van der Waals surface area contributed by atoms with Gasteiger partial charge in [-0.2, -0.15) is 0 Å². The van der Waals surface area contributed by atoms with Gasteiger partial charge in [0.25, 0.3) is 17.6 Å². The summed E-state index contributed by atoms with van der Waals surface area (Å²) in [6.07, 6.45) is 1.97. The molecule has 4 heterocycles. The molecule has 4 aliphatic heterocycles. The second-order valence-corrected chi connectivity index (χ2v) is 9.65. The Morgan fingerprint density at radius 1 is 1.17 bits per heavy atom.